The number of carbonyl (C=O) groups is 2. The second kappa shape index (κ2) is 9.82. The van der Waals surface area contributed by atoms with Crippen molar-refractivity contribution in [2.24, 2.45) is 11.8 Å². The molecule has 0 N–H and O–H groups in total. The van der Waals surface area contributed by atoms with Crippen LogP contribution >= 0.6 is 0 Å². The molecule has 0 aromatic carbocycles. The van der Waals surface area contributed by atoms with Crippen LogP contribution in [0.1, 0.15) is 68.4 Å². The minimum atomic E-state index is -0.582. The van der Waals surface area contributed by atoms with Gasteiger partial charge in [0.15, 0.2) is 0 Å². The van der Waals surface area contributed by atoms with Gasteiger partial charge in [0.25, 0.3) is 5.91 Å². The van der Waals surface area contributed by atoms with Gasteiger partial charge in [0.1, 0.15) is 11.2 Å². The molecule has 3 saturated heterocycles. The van der Waals surface area contributed by atoms with Crippen LogP contribution < -0.4 is 4.74 Å². The van der Waals surface area contributed by atoms with E-state index in [1.165, 1.54) is 0 Å². The average molecular weight is 502 g/mol. The molecule has 9 nitrogen and oxygen atoms in total. The summed E-state index contributed by atoms with van der Waals surface area (Å²) in [6.45, 7) is 9.62. The number of fused-ring (bicyclic) bond motifs is 1. The number of nitrogens with zero attached hydrogens (tertiary/aromatic N) is 3. The first kappa shape index (κ1) is 25.3. The number of hydrogen-bond donors (Lipinski definition) is 0. The lowest BCUT2D eigenvalue weighted by Gasteiger charge is -2.29. The summed E-state index contributed by atoms with van der Waals surface area (Å²) in [5.74, 6) is 1.40. The van der Waals surface area contributed by atoms with Gasteiger partial charge in [-0.2, -0.15) is 0 Å². The Morgan fingerprint density at radius 2 is 1.78 bits per heavy atom. The molecule has 198 valence electrons. The Hall–Kier alpha value is -2.39. The molecular weight excluding hydrogens is 462 g/mol. The van der Waals surface area contributed by atoms with Gasteiger partial charge in [-0.15, -0.1) is 0 Å². The SMILES string of the molecule is CO[C@]12CN(C(=O)OC(C)(C)C)C[C@@H]1CN(C(=O)c1cc(OCC3CCOCC3)nc(C3CC3)c1)C2. The number of ether oxygens (including phenoxy) is 4. The molecule has 1 aromatic heterocycles. The van der Waals surface area contributed by atoms with Crippen molar-refractivity contribution in [2.75, 3.05) is 53.1 Å². The fraction of sp³-hybridized carbons (Fsp3) is 0.741. The number of pyridine rings is 1. The maximum Gasteiger partial charge on any atom is 0.410 e. The van der Waals surface area contributed by atoms with Gasteiger partial charge in [-0.1, -0.05) is 0 Å². The quantitative estimate of drug-likeness (QED) is 0.590. The Balaban J connectivity index is 1.27. The van der Waals surface area contributed by atoms with E-state index in [1.807, 2.05) is 31.7 Å². The van der Waals surface area contributed by atoms with Crippen molar-refractivity contribution < 1.29 is 28.5 Å². The van der Waals surface area contributed by atoms with Crippen LogP contribution in [-0.4, -0.2) is 91.1 Å². The van der Waals surface area contributed by atoms with Crippen LogP contribution in [0.25, 0.3) is 0 Å². The molecule has 0 radical (unpaired) electrons. The Morgan fingerprint density at radius 3 is 2.42 bits per heavy atom. The summed E-state index contributed by atoms with van der Waals surface area (Å²) < 4.78 is 23.1. The molecule has 3 aliphatic heterocycles. The Labute approximate surface area is 213 Å². The van der Waals surface area contributed by atoms with E-state index in [-0.39, 0.29) is 17.9 Å². The highest BCUT2D eigenvalue weighted by Gasteiger charge is 2.55. The highest BCUT2D eigenvalue weighted by Crippen LogP contribution is 2.41. The van der Waals surface area contributed by atoms with E-state index in [2.05, 4.69) is 0 Å². The van der Waals surface area contributed by atoms with Crippen LogP contribution in [0.5, 0.6) is 5.88 Å². The van der Waals surface area contributed by atoms with Crippen molar-refractivity contribution in [2.45, 2.75) is 63.6 Å². The fourth-order valence-electron chi connectivity index (χ4n) is 5.53. The molecule has 0 unspecified atom stereocenters. The van der Waals surface area contributed by atoms with Crippen LogP contribution in [0.15, 0.2) is 12.1 Å². The van der Waals surface area contributed by atoms with Crippen LogP contribution in [0.4, 0.5) is 4.79 Å². The molecule has 1 saturated carbocycles. The summed E-state index contributed by atoms with van der Waals surface area (Å²) in [7, 11) is 1.67. The summed E-state index contributed by atoms with van der Waals surface area (Å²) in [6.07, 6.45) is 3.85. The van der Waals surface area contributed by atoms with E-state index in [0.717, 1.165) is 44.6 Å². The normalized spacial score (nSPS) is 26.7. The number of aromatic nitrogens is 1. The topological polar surface area (TPSA) is 90.4 Å². The molecule has 2 amide bonds. The standard InChI is InChI=1S/C27H39N3O6/c1-26(2,3)36-25(32)30-14-21-13-29(16-27(21,17-30)33-4)24(31)20-11-22(19-5-6-19)28-23(12-20)35-15-18-7-9-34-10-8-18/h11-12,18-19,21H,5-10,13-17H2,1-4H3/t21-,27+/m0/s1. The molecule has 1 aliphatic carbocycles. The van der Waals surface area contributed by atoms with Gasteiger partial charge in [0.05, 0.1) is 19.7 Å². The van der Waals surface area contributed by atoms with Gasteiger partial charge in [-0.05, 0) is 58.4 Å². The van der Waals surface area contributed by atoms with Crippen molar-refractivity contribution in [3.8, 4) is 5.88 Å². The maximum absolute atomic E-state index is 13.7. The van der Waals surface area contributed by atoms with E-state index >= 15 is 0 Å². The van der Waals surface area contributed by atoms with Crippen LogP contribution in [0, 0.1) is 11.8 Å². The van der Waals surface area contributed by atoms with E-state index in [0.29, 0.717) is 56.1 Å². The number of carbonyl (C=O) groups excluding carboxylic acids is 2. The molecule has 36 heavy (non-hydrogen) atoms. The van der Waals surface area contributed by atoms with Crippen molar-refractivity contribution in [3.63, 3.8) is 0 Å². The van der Waals surface area contributed by atoms with E-state index < -0.39 is 11.2 Å². The first-order valence-electron chi connectivity index (χ1n) is 13.2. The highest BCUT2D eigenvalue weighted by molar-refractivity contribution is 5.95. The van der Waals surface area contributed by atoms with Gasteiger partial charge in [-0.3, -0.25) is 4.79 Å². The van der Waals surface area contributed by atoms with Gasteiger partial charge in [0, 0.05) is 62.6 Å². The number of rotatable bonds is 6. The Morgan fingerprint density at radius 1 is 1.08 bits per heavy atom. The summed E-state index contributed by atoms with van der Waals surface area (Å²) in [5.41, 5.74) is 0.424. The fourth-order valence-corrected chi connectivity index (χ4v) is 5.53. The summed E-state index contributed by atoms with van der Waals surface area (Å²) in [5, 5.41) is 0. The summed E-state index contributed by atoms with van der Waals surface area (Å²) >= 11 is 0. The number of methoxy groups -OCH3 is 1. The summed E-state index contributed by atoms with van der Waals surface area (Å²) in [4.78, 5) is 34.6. The molecule has 0 bridgehead atoms. The van der Waals surface area contributed by atoms with Crippen LogP contribution in [-0.2, 0) is 14.2 Å². The lowest BCUT2D eigenvalue weighted by Crippen LogP contribution is -2.45. The zero-order valence-corrected chi connectivity index (χ0v) is 22.0. The minimum absolute atomic E-state index is 0.0351. The van der Waals surface area contributed by atoms with E-state index in [1.54, 1.807) is 18.1 Å². The first-order chi connectivity index (χ1) is 17.2. The lowest BCUT2D eigenvalue weighted by atomic mass is 9.95. The van der Waals surface area contributed by atoms with Crippen molar-refractivity contribution in [3.05, 3.63) is 23.4 Å². The molecule has 4 fully saturated rings. The van der Waals surface area contributed by atoms with Gasteiger partial charge in [-0.25, -0.2) is 9.78 Å². The number of amides is 2. The molecule has 0 spiro atoms. The number of likely N-dealkylation sites (tertiary alicyclic amines) is 2. The largest absolute Gasteiger partial charge is 0.477 e. The van der Waals surface area contributed by atoms with Crippen molar-refractivity contribution in [1.29, 1.82) is 0 Å². The van der Waals surface area contributed by atoms with Gasteiger partial charge >= 0.3 is 6.09 Å². The third-order valence-corrected chi connectivity index (χ3v) is 7.76. The van der Waals surface area contributed by atoms with Gasteiger partial charge in [0.2, 0.25) is 5.88 Å². The molecule has 4 aliphatic rings. The smallest absolute Gasteiger partial charge is 0.410 e. The predicted molar refractivity (Wildman–Crippen MR) is 132 cm³/mol. The third-order valence-electron chi connectivity index (χ3n) is 7.76. The number of hydrogen-bond acceptors (Lipinski definition) is 7. The minimum Gasteiger partial charge on any atom is -0.477 e. The Kier molecular flexibility index (Phi) is 6.89. The Bertz CT molecular complexity index is 984. The molecule has 1 aromatic rings. The van der Waals surface area contributed by atoms with E-state index in [9.17, 15) is 9.59 Å². The molecule has 4 heterocycles. The lowest BCUT2D eigenvalue weighted by molar-refractivity contribution is -0.0167. The zero-order chi connectivity index (χ0) is 25.5. The maximum atomic E-state index is 13.7. The second-order valence-corrected chi connectivity index (χ2v) is 11.8. The van der Waals surface area contributed by atoms with Crippen molar-refractivity contribution in [1.82, 2.24) is 14.8 Å². The third kappa shape index (κ3) is 5.47. The first-order valence-corrected chi connectivity index (χ1v) is 13.2. The summed E-state index contributed by atoms with van der Waals surface area (Å²) in [6, 6.07) is 3.72. The highest BCUT2D eigenvalue weighted by atomic mass is 16.6. The van der Waals surface area contributed by atoms with Crippen LogP contribution in [0.3, 0.4) is 0 Å². The second-order valence-electron chi connectivity index (χ2n) is 11.8. The van der Waals surface area contributed by atoms with E-state index in [4.69, 9.17) is 23.9 Å². The molecule has 5 rings (SSSR count). The molecule has 9 heteroatoms. The van der Waals surface area contributed by atoms with Gasteiger partial charge < -0.3 is 28.7 Å². The predicted octanol–water partition coefficient (Wildman–Crippen LogP) is 3.47. The monoisotopic (exact) mass is 501 g/mol. The average Bonchev–Trinajstić information content (AvgIpc) is 3.55. The zero-order valence-electron chi connectivity index (χ0n) is 22.0. The molecular formula is C27H39N3O6. The van der Waals surface area contributed by atoms with Crippen LogP contribution in [0.2, 0.25) is 0 Å². The van der Waals surface area contributed by atoms with Crippen molar-refractivity contribution >= 4 is 12.0 Å². The molecule has 2 atom stereocenters.